The molecule has 2 fully saturated rings. The van der Waals surface area contributed by atoms with Gasteiger partial charge in [-0.3, -0.25) is 14.5 Å². The molecule has 0 bridgehead atoms. The molecular weight excluding hydrogens is 362 g/mol. The second-order valence-electron chi connectivity index (χ2n) is 7.19. The number of esters is 1. The minimum absolute atomic E-state index is 0.146. The lowest BCUT2D eigenvalue weighted by atomic mass is 9.81. The quantitative estimate of drug-likeness (QED) is 0.577. The van der Waals surface area contributed by atoms with Gasteiger partial charge in [0.25, 0.3) is 5.89 Å². The second kappa shape index (κ2) is 7.53. The van der Waals surface area contributed by atoms with Crippen LogP contribution in [0.25, 0.3) is 11.5 Å². The van der Waals surface area contributed by atoms with Gasteiger partial charge >= 0.3 is 5.97 Å². The normalized spacial score (nSPS) is 22.8. The van der Waals surface area contributed by atoms with Crippen molar-refractivity contribution >= 4 is 17.8 Å². The van der Waals surface area contributed by atoms with Crippen molar-refractivity contribution in [2.75, 3.05) is 0 Å². The summed E-state index contributed by atoms with van der Waals surface area (Å²) in [7, 11) is 0. The third kappa shape index (κ3) is 3.30. The van der Waals surface area contributed by atoms with Gasteiger partial charge in [-0.25, -0.2) is 4.79 Å². The molecule has 3 atom stereocenters. The van der Waals surface area contributed by atoms with Gasteiger partial charge in [0, 0.05) is 5.56 Å². The Morgan fingerprint density at radius 1 is 1.14 bits per heavy atom. The highest BCUT2D eigenvalue weighted by molar-refractivity contribution is 6.07. The number of rotatable bonds is 5. The number of hydrogen-bond acceptors (Lipinski definition) is 7. The van der Waals surface area contributed by atoms with Crippen molar-refractivity contribution in [2.45, 2.75) is 45.3 Å². The number of ether oxygens (including phenoxy) is 1. The van der Waals surface area contributed by atoms with E-state index in [-0.39, 0.29) is 36.1 Å². The van der Waals surface area contributed by atoms with Crippen LogP contribution in [0, 0.1) is 11.8 Å². The first-order chi connectivity index (χ1) is 13.6. The predicted octanol–water partition coefficient (Wildman–Crippen LogP) is 2.34. The first-order valence-corrected chi connectivity index (χ1v) is 9.47. The molecule has 0 radical (unpaired) electrons. The van der Waals surface area contributed by atoms with Crippen LogP contribution in [0.1, 0.15) is 38.5 Å². The van der Waals surface area contributed by atoms with Crippen molar-refractivity contribution in [3.63, 3.8) is 0 Å². The van der Waals surface area contributed by atoms with E-state index in [9.17, 15) is 14.4 Å². The number of likely N-dealkylation sites (tertiary alicyclic amines) is 1. The number of aromatic nitrogens is 2. The van der Waals surface area contributed by atoms with Gasteiger partial charge in [0.1, 0.15) is 6.04 Å². The molecule has 2 heterocycles. The highest BCUT2D eigenvalue weighted by Gasteiger charge is 2.51. The molecule has 2 aliphatic rings. The van der Waals surface area contributed by atoms with E-state index < -0.39 is 12.0 Å². The predicted molar refractivity (Wildman–Crippen MR) is 96.3 cm³/mol. The molecule has 146 valence electrons. The van der Waals surface area contributed by atoms with E-state index in [4.69, 9.17) is 9.15 Å². The van der Waals surface area contributed by atoms with Gasteiger partial charge in [-0.05, 0) is 31.9 Å². The maximum Gasteiger partial charge on any atom is 0.329 e. The zero-order chi connectivity index (χ0) is 19.7. The summed E-state index contributed by atoms with van der Waals surface area (Å²) in [6, 6.07) is 8.26. The summed E-state index contributed by atoms with van der Waals surface area (Å²) in [6.07, 6.45) is 3.29. The average Bonchev–Trinajstić information content (AvgIpc) is 3.30. The number of fused-ring (bicyclic) bond motifs is 1. The van der Waals surface area contributed by atoms with Gasteiger partial charge in [0.05, 0.1) is 11.8 Å². The maximum absolute atomic E-state index is 12.6. The van der Waals surface area contributed by atoms with E-state index in [1.54, 1.807) is 0 Å². The molecule has 1 aliphatic carbocycles. The fraction of sp³-hybridized carbons (Fsp3) is 0.450. The Hall–Kier alpha value is -3.03. The largest absolute Gasteiger partial charge is 0.454 e. The second-order valence-corrected chi connectivity index (χ2v) is 7.19. The van der Waals surface area contributed by atoms with E-state index in [2.05, 4.69) is 10.2 Å². The molecule has 1 saturated carbocycles. The van der Waals surface area contributed by atoms with Crippen LogP contribution in [0.2, 0.25) is 0 Å². The third-order valence-electron chi connectivity index (χ3n) is 5.43. The molecule has 2 aromatic rings. The number of nitrogens with zero attached hydrogens (tertiary/aromatic N) is 3. The average molecular weight is 383 g/mol. The molecular formula is C20H21N3O5. The summed E-state index contributed by atoms with van der Waals surface area (Å²) in [6.45, 7) is 1.30. The lowest BCUT2D eigenvalue weighted by Crippen LogP contribution is -2.44. The van der Waals surface area contributed by atoms with E-state index in [1.165, 1.54) is 6.92 Å². The van der Waals surface area contributed by atoms with Crippen molar-refractivity contribution in [1.29, 1.82) is 0 Å². The Bertz CT molecular complexity index is 870. The maximum atomic E-state index is 12.6. The smallest absolute Gasteiger partial charge is 0.329 e. The first-order valence-electron chi connectivity index (χ1n) is 9.47. The number of benzene rings is 1. The summed E-state index contributed by atoms with van der Waals surface area (Å²) in [4.78, 5) is 38.7. The molecule has 1 saturated heterocycles. The summed E-state index contributed by atoms with van der Waals surface area (Å²) >= 11 is 0. The summed E-state index contributed by atoms with van der Waals surface area (Å²) in [5.41, 5.74) is 0.761. The Morgan fingerprint density at radius 2 is 1.79 bits per heavy atom. The van der Waals surface area contributed by atoms with Crippen molar-refractivity contribution < 1.29 is 23.5 Å². The van der Waals surface area contributed by atoms with Crippen LogP contribution in [0.4, 0.5) is 0 Å². The zero-order valence-electron chi connectivity index (χ0n) is 15.5. The summed E-state index contributed by atoms with van der Waals surface area (Å²) < 4.78 is 10.7. The van der Waals surface area contributed by atoms with Gasteiger partial charge in [-0.1, -0.05) is 31.0 Å². The molecule has 0 unspecified atom stereocenters. The third-order valence-corrected chi connectivity index (χ3v) is 5.43. The van der Waals surface area contributed by atoms with Crippen LogP contribution in [-0.4, -0.2) is 38.9 Å². The van der Waals surface area contributed by atoms with E-state index in [1.807, 2.05) is 30.3 Å². The fourth-order valence-corrected chi connectivity index (χ4v) is 3.94. The number of hydrogen-bond donors (Lipinski definition) is 0. The van der Waals surface area contributed by atoms with Crippen LogP contribution >= 0.6 is 0 Å². The van der Waals surface area contributed by atoms with Gasteiger partial charge in [-0.15, -0.1) is 10.2 Å². The van der Waals surface area contributed by atoms with E-state index >= 15 is 0 Å². The van der Waals surface area contributed by atoms with Crippen LogP contribution < -0.4 is 0 Å². The van der Waals surface area contributed by atoms with Crippen LogP contribution in [0.15, 0.2) is 34.7 Å². The number of amides is 2. The Morgan fingerprint density at radius 3 is 2.43 bits per heavy atom. The van der Waals surface area contributed by atoms with Crippen LogP contribution in [-0.2, 0) is 25.7 Å². The van der Waals surface area contributed by atoms with Crippen molar-refractivity contribution in [3.05, 3.63) is 36.2 Å². The number of carbonyl (C=O) groups excluding carboxylic acids is 3. The van der Waals surface area contributed by atoms with Crippen molar-refractivity contribution in [3.8, 4) is 11.5 Å². The topological polar surface area (TPSA) is 103 Å². The van der Waals surface area contributed by atoms with Gasteiger partial charge < -0.3 is 9.15 Å². The zero-order valence-corrected chi connectivity index (χ0v) is 15.5. The molecule has 8 heteroatoms. The van der Waals surface area contributed by atoms with Crippen molar-refractivity contribution in [1.82, 2.24) is 15.1 Å². The molecule has 0 spiro atoms. The molecule has 1 aliphatic heterocycles. The molecule has 28 heavy (non-hydrogen) atoms. The van der Waals surface area contributed by atoms with E-state index in [0.29, 0.717) is 18.7 Å². The van der Waals surface area contributed by atoms with Gasteiger partial charge in [0.2, 0.25) is 17.7 Å². The molecule has 1 aromatic carbocycles. The van der Waals surface area contributed by atoms with E-state index in [0.717, 1.165) is 23.3 Å². The minimum Gasteiger partial charge on any atom is -0.454 e. The Kier molecular flexibility index (Phi) is 4.93. The minimum atomic E-state index is -0.970. The highest BCUT2D eigenvalue weighted by Crippen LogP contribution is 2.38. The van der Waals surface area contributed by atoms with Crippen LogP contribution in [0.5, 0.6) is 0 Å². The molecule has 8 nitrogen and oxygen atoms in total. The lowest BCUT2D eigenvalue weighted by Gasteiger charge is -2.21. The summed E-state index contributed by atoms with van der Waals surface area (Å²) in [5, 5.41) is 7.80. The highest BCUT2D eigenvalue weighted by atomic mass is 16.5. The monoisotopic (exact) mass is 383 g/mol. The van der Waals surface area contributed by atoms with Crippen LogP contribution in [0.3, 0.4) is 0 Å². The summed E-state index contributed by atoms with van der Waals surface area (Å²) in [5.74, 6) is -1.30. The number of imide groups is 1. The first kappa shape index (κ1) is 18.3. The van der Waals surface area contributed by atoms with Crippen molar-refractivity contribution in [2.24, 2.45) is 11.8 Å². The SMILES string of the molecule is C[C@@H](C(=O)OCc1nnc(-c2ccccc2)o1)N1C(=O)[C@@H]2CCCC[C@H]2C1=O. The molecule has 2 amide bonds. The van der Waals surface area contributed by atoms with Gasteiger partial charge in [-0.2, -0.15) is 0 Å². The molecule has 0 N–H and O–H groups in total. The Labute approximate surface area is 161 Å². The van der Waals surface area contributed by atoms with Gasteiger partial charge in [0.15, 0.2) is 6.61 Å². The Balaban J connectivity index is 1.38. The molecule has 1 aromatic heterocycles. The lowest BCUT2D eigenvalue weighted by molar-refractivity contribution is -0.159. The standard InChI is InChI=1S/C20H21N3O5/c1-12(23-18(24)14-9-5-6-10-15(14)19(23)25)20(26)27-11-16-21-22-17(28-16)13-7-3-2-4-8-13/h2-4,7-8,12,14-15H,5-6,9-11H2,1H3/t12-,14+,15+/m0/s1. The molecule has 4 rings (SSSR count). The number of carbonyl (C=O) groups is 3. The fourth-order valence-electron chi connectivity index (χ4n) is 3.94.